The molecule has 3 aliphatic rings. The largest absolute Gasteiger partial charge is 0.495 e. The fourth-order valence-corrected chi connectivity index (χ4v) is 5.45. The molecule has 1 aliphatic carbocycles. The maximum atomic E-state index is 14.8. The Hall–Kier alpha value is -3.54. The molecule has 10 nitrogen and oxygen atoms in total. The smallest absolute Gasteiger partial charge is 0.342 e. The molecule has 2 aromatic rings. The summed E-state index contributed by atoms with van der Waals surface area (Å²) in [5.74, 6) is -4.14. The molecule has 2 aliphatic heterocycles. The minimum absolute atomic E-state index is 0.108. The number of hydrogen-bond acceptors (Lipinski definition) is 8. The molecule has 0 atom stereocenters. The third-order valence-corrected chi connectivity index (χ3v) is 7.82. The van der Waals surface area contributed by atoms with Gasteiger partial charge >= 0.3 is 5.92 Å². The lowest BCUT2D eigenvalue weighted by Gasteiger charge is -2.42. The van der Waals surface area contributed by atoms with Crippen LogP contribution in [-0.4, -0.2) is 84.5 Å². The third-order valence-electron chi connectivity index (χ3n) is 7.82. The van der Waals surface area contributed by atoms with Crippen molar-refractivity contribution >= 4 is 35.0 Å². The molecule has 2 fully saturated rings. The van der Waals surface area contributed by atoms with E-state index in [4.69, 9.17) is 4.74 Å². The van der Waals surface area contributed by atoms with E-state index in [0.717, 1.165) is 43.7 Å². The number of nitrogens with one attached hydrogen (secondary N) is 2. The van der Waals surface area contributed by atoms with Crippen molar-refractivity contribution in [3.63, 3.8) is 0 Å². The molecule has 1 saturated carbocycles. The average Bonchev–Trinajstić information content (AvgIpc) is 3.40. The first-order valence-electron chi connectivity index (χ1n) is 13.4. The van der Waals surface area contributed by atoms with Crippen molar-refractivity contribution in [2.75, 3.05) is 48.9 Å². The first kappa shape index (κ1) is 27.0. The van der Waals surface area contributed by atoms with Crippen LogP contribution < -0.4 is 25.2 Å². The summed E-state index contributed by atoms with van der Waals surface area (Å²) in [4.78, 5) is 39.0. The van der Waals surface area contributed by atoms with Crippen LogP contribution in [0.5, 0.6) is 5.75 Å². The van der Waals surface area contributed by atoms with Gasteiger partial charge in [0.1, 0.15) is 11.4 Å². The van der Waals surface area contributed by atoms with Crippen LogP contribution in [0.3, 0.4) is 0 Å². The first-order valence-corrected chi connectivity index (χ1v) is 13.4. The van der Waals surface area contributed by atoms with Crippen LogP contribution in [0.25, 0.3) is 0 Å². The van der Waals surface area contributed by atoms with Gasteiger partial charge in [0.25, 0.3) is 11.8 Å². The van der Waals surface area contributed by atoms with E-state index < -0.39 is 18.4 Å². The summed E-state index contributed by atoms with van der Waals surface area (Å²) in [6.07, 6.45) is 4.78. The second kappa shape index (κ2) is 10.6. The monoisotopic (exact) mass is 543 g/mol. The highest BCUT2D eigenvalue weighted by atomic mass is 19.3. The predicted molar refractivity (Wildman–Crippen MR) is 144 cm³/mol. The van der Waals surface area contributed by atoms with Gasteiger partial charge in [-0.2, -0.15) is 13.8 Å². The van der Waals surface area contributed by atoms with E-state index >= 15 is 0 Å². The Bertz CT molecular complexity index is 1250. The highest BCUT2D eigenvalue weighted by molar-refractivity contribution is 6.02. The minimum atomic E-state index is -3.54. The molecule has 1 saturated heterocycles. The minimum Gasteiger partial charge on any atom is -0.495 e. The van der Waals surface area contributed by atoms with Crippen LogP contribution in [0, 0.1) is 0 Å². The van der Waals surface area contributed by atoms with Gasteiger partial charge in [-0.15, -0.1) is 0 Å². The van der Waals surface area contributed by atoms with Crippen LogP contribution in [0.4, 0.5) is 31.9 Å². The van der Waals surface area contributed by atoms with Gasteiger partial charge in [0.05, 0.1) is 31.6 Å². The molecule has 210 valence electrons. The lowest BCUT2D eigenvalue weighted by Crippen LogP contribution is -2.61. The summed E-state index contributed by atoms with van der Waals surface area (Å²) in [6, 6.07) is 5.44. The molecule has 0 radical (unpaired) electrons. The molecule has 0 bridgehead atoms. The van der Waals surface area contributed by atoms with E-state index in [1.807, 2.05) is 0 Å². The van der Waals surface area contributed by atoms with E-state index in [0.29, 0.717) is 28.9 Å². The second-order valence-electron chi connectivity index (χ2n) is 10.8. The van der Waals surface area contributed by atoms with Gasteiger partial charge in [-0.3, -0.25) is 14.5 Å². The molecular formula is C27H35F2N7O3. The Morgan fingerprint density at radius 2 is 1.92 bits per heavy atom. The number of rotatable bonds is 7. The number of carbonyl (C=O) groups is 2. The Kier molecular flexibility index (Phi) is 7.32. The van der Waals surface area contributed by atoms with Crippen LogP contribution in [0.1, 0.15) is 49.9 Å². The quantitative estimate of drug-likeness (QED) is 0.548. The Morgan fingerprint density at radius 3 is 2.59 bits per heavy atom. The number of alkyl halides is 2. The molecule has 39 heavy (non-hydrogen) atoms. The highest BCUT2D eigenvalue weighted by Crippen LogP contribution is 2.40. The van der Waals surface area contributed by atoms with Gasteiger partial charge in [-0.05, 0) is 44.9 Å². The number of nitrogens with zero attached hydrogens (tertiary/aromatic N) is 5. The lowest BCUT2D eigenvalue weighted by molar-refractivity contribution is -0.140. The first-order chi connectivity index (χ1) is 18.6. The van der Waals surface area contributed by atoms with Crippen molar-refractivity contribution in [1.29, 1.82) is 0 Å². The van der Waals surface area contributed by atoms with Crippen LogP contribution in [0.15, 0.2) is 24.4 Å². The van der Waals surface area contributed by atoms with Gasteiger partial charge < -0.3 is 25.2 Å². The maximum Gasteiger partial charge on any atom is 0.342 e. The molecule has 0 spiro atoms. The number of methoxy groups -OCH3 is 1. The van der Waals surface area contributed by atoms with Crippen LogP contribution in [-0.2, 0) is 4.79 Å². The van der Waals surface area contributed by atoms with Crippen LogP contribution in [0.2, 0.25) is 0 Å². The number of carbonyl (C=O) groups excluding carboxylic acids is 2. The molecule has 1 aromatic heterocycles. The fraction of sp³-hybridized carbons (Fsp3) is 0.556. The number of aromatic nitrogens is 2. The number of fused-ring (bicyclic) bond motifs is 1. The van der Waals surface area contributed by atoms with Crippen molar-refractivity contribution in [2.24, 2.45) is 0 Å². The molecular weight excluding hydrogens is 508 g/mol. The topological polar surface area (TPSA) is 103 Å². The van der Waals surface area contributed by atoms with Gasteiger partial charge in [0, 0.05) is 37.8 Å². The molecule has 3 heterocycles. The summed E-state index contributed by atoms with van der Waals surface area (Å²) in [6.45, 7) is 5.16. The third kappa shape index (κ3) is 5.34. The Morgan fingerprint density at radius 1 is 1.21 bits per heavy atom. The lowest BCUT2D eigenvalue weighted by atomic mass is 10.1. The van der Waals surface area contributed by atoms with E-state index in [-0.39, 0.29) is 29.6 Å². The molecule has 1 aromatic carbocycles. The van der Waals surface area contributed by atoms with E-state index in [1.54, 1.807) is 23.1 Å². The summed E-state index contributed by atoms with van der Waals surface area (Å²) < 4.78 is 35.2. The normalized spacial score (nSPS) is 20.0. The molecule has 2 N–H and O–H groups in total. The molecule has 0 unspecified atom stereocenters. The number of halogens is 2. The van der Waals surface area contributed by atoms with Crippen molar-refractivity contribution < 1.29 is 23.1 Å². The predicted octanol–water partition coefficient (Wildman–Crippen LogP) is 3.41. The van der Waals surface area contributed by atoms with Crippen molar-refractivity contribution in [2.45, 2.75) is 63.6 Å². The summed E-state index contributed by atoms with van der Waals surface area (Å²) in [5.41, 5.74) is 1.21. The zero-order chi connectivity index (χ0) is 27.9. The fourth-order valence-electron chi connectivity index (χ4n) is 5.45. The zero-order valence-corrected chi connectivity index (χ0v) is 22.7. The number of hydrogen-bond donors (Lipinski definition) is 2. The zero-order valence-electron chi connectivity index (χ0n) is 22.7. The molecule has 12 heteroatoms. The van der Waals surface area contributed by atoms with Crippen molar-refractivity contribution in [1.82, 2.24) is 20.2 Å². The standard InChI is InChI=1S/C27H35F2N7O3/c1-16(2)35-13-18(14-35)31-24(37)17-9-10-20(22(11-17)39-4)32-26-30-12-21-23(33-26)36(19-7-5-6-8-19)15-27(28,29)25(38)34(21)3/h9-12,16,18-19H,5-8,13-15H2,1-4H3,(H,31,37)(H,30,32,33). The SMILES string of the molecule is COc1cc(C(=O)NC2CN(C(C)C)C2)ccc1Nc1ncc2c(n1)N(C1CCCC1)CC(F)(F)C(=O)N2C. The Labute approximate surface area is 226 Å². The number of benzene rings is 1. The number of ether oxygens (including phenoxy) is 1. The van der Waals surface area contributed by atoms with Gasteiger partial charge in [0.15, 0.2) is 5.82 Å². The van der Waals surface area contributed by atoms with Crippen molar-refractivity contribution in [3.05, 3.63) is 30.0 Å². The number of anilines is 4. The summed E-state index contributed by atoms with van der Waals surface area (Å²) in [7, 11) is 2.82. The Balaban J connectivity index is 1.37. The number of amides is 2. The van der Waals surface area contributed by atoms with Crippen LogP contribution >= 0.6 is 0 Å². The molecule has 2 amide bonds. The van der Waals surface area contributed by atoms with Gasteiger partial charge in [0.2, 0.25) is 5.95 Å². The molecule has 5 rings (SSSR count). The van der Waals surface area contributed by atoms with E-state index in [9.17, 15) is 18.4 Å². The summed E-state index contributed by atoms with van der Waals surface area (Å²) in [5, 5.41) is 6.14. The number of likely N-dealkylation sites (tertiary alicyclic amines) is 1. The maximum absolute atomic E-state index is 14.8. The second-order valence-corrected chi connectivity index (χ2v) is 10.8. The highest BCUT2D eigenvalue weighted by Gasteiger charge is 2.48. The van der Waals surface area contributed by atoms with Gasteiger partial charge in [-0.1, -0.05) is 12.8 Å². The van der Waals surface area contributed by atoms with Crippen molar-refractivity contribution in [3.8, 4) is 5.75 Å². The van der Waals surface area contributed by atoms with E-state index in [1.165, 1.54) is 20.4 Å². The average molecular weight is 544 g/mol. The van der Waals surface area contributed by atoms with Gasteiger partial charge in [-0.25, -0.2) is 4.98 Å². The summed E-state index contributed by atoms with van der Waals surface area (Å²) >= 11 is 0. The van der Waals surface area contributed by atoms with E-state index in [2.05, 4.69) is 39.3 Å².